The molecule has 1 aromatic rings. The van der Waals surface area contributed by atoms with Crippen LogP contribution in [0.1, 0.15) is 50.5 Å². The largest absolute Gasteiger partial charge is 0.415 e. The van der Waals surface area contributed by atoms with E-state index in [1.54, 1.807) is 12.1 Å². The molecule has 0 saturated carbocycles. The molecule has 2 heterocycles. The van der Waals surface area contributed by atoms with Crippen molar-refractivity contribution in [3.8, 4) is 0 Å². The highest BCUT2D eigenvalue weighted by molar-refractivity contribution is 5.92. The van der Waals surface area contributed by atoms with Crippen LogP contribution in [-0.2, 0) is 4.74 Å². The van der Waals surface area contributed by atoms with Crippen molar-refractivity contribution in [1.82, 2.24) is 20.4 Å². The van der Waals surface area contributed by atoms with Crippen molar-refractivity contribution in [2.75, 3.05) is 37.6 Å². The average molecular weight is 395 g/mol. The molecule has 1 aromatic heterocycles. The van der Waals surface area contributed by atoms with Gasteiger partial charge in [0.15, 0.2) is 11.5 Å². The lowest BCUT2D eigenvalue weighted by atomic mass is 10.1. The first-order valence-corrected chi connectivity index (χ1v) is 9.87. The van der Waals surface area contributed by atoms with Gasteiger partial charge in [-0.3, -0.25) is 4.79 Å². The summed E-state index contributed by atoms with van der Waals surface area (Å²) in [4.78, 5) is 27.5. The lowest BCUT2D eigenvalue weighted by Crippen LogP contribution is -2.49. The number of alkyl halides is 1. The van der Waals surface area contributed by atoms with Crippen LogP contribution >= 0.6 is 0 Å². The molecule has 1 N–H and O–H groups in total. The number of amides is 2. The normalized spacial score (nSPS) is 15.5. The molecule has 0 bridgehead atoms. The van der Waals surface area contributed by atoms with E-state index in [1.165, 1.54) is 4.90 Å². The maximum atomic E-state index is 13.4. The Morgan fingerprint density at radius 3 is 2.46 bits per heavy atom. The second-order valence-corrected chi connectivity index (χ2v) is 7.27. The first kappa shape index (κ1) is 21.8. The summed E-state index contributed by atoms with van der Waals surface area (Å²) < 4.78 is 18.2. The van der Waals surface area contributed by atoms with Gasteiger partial charge in [-0.1, -0.05) is 20.8 Å². The molecule has 8 nitrogen and oxygen atoms in total. The number of hydrogen-bond donors (Lipinski definition) is 1. The zero-order valence-electron chi connectivity index (χ0n) is 16.9. The van der Waals surface area contributed by atoms with Crippen LogP contribution in [0.2, 0.25) is 0 Å². The Kier molecular flexibility index (Phi) is 8.41. The van der Waals surface area contributed by atoms with E-state index < -0.39 is 12.5 Å². The third-order valence-corrected chi connectivity index (χ3v) is 4.50. The lowest BCUT2D eigenvalue weighted by molar-refractivity contribution is -0.0116. The van der Waals surface area contributed by atoms with Gasteiger partial charge in [-0.25, -0.2) is 9.18 Å². The number of rotatable bonds is 8. The van der Waals surface area contributed by atoms with Crippen molar-refractivity contribution in [3.05, 3.63) is 17.8 Å². The van der Waals surface area contributed by atoms with Gasteiger partial charge in [0.05, 0.1) is 0 Å². The number of anilines is 1. The molecule has 1 fully saturated rings. The summed E-state index contributed by atoms with van der Waals surface area (Å²) in [6, 6.07) is 3.39. The number of carbonyl (C=O) groups excluding carboxylic acids is 2. The van der Waals surface area contributed by atoms with E-state index in [9.17, 15) is 14.0 Å². The van der Waals surface area contributed by atoms with Crippen molar-refractivity contribution in [1.29, 1.82) is 0 Å². The van der Waals surface area contributed by atoms with E-state index in [1.807, 2.05) is 11.8 Å². The minimum atomic E-state index is -1.55. The molecule has 2 amide bonds. The maximum Gasteiger partial charge on any atom is 0.412 e. The number of aromatic nitrogens is 2. The number of hydrogen-bond acceptors (Lipinski definition) is 6. The van der Waals surface area contributed by atoms with Crippen LogP contribution in [0.3, 0.4) is 0 Å². The predicted octanol–water partition coefficient (Wildman–Crippen LogP) is 2.61. The quantitative estimate of drug-likeness (QED) is 0.728. The van der Waals surface area contributed by atoms with Gasteiger partial charge in [-0.15, -0.1) is 10.2 Å². The first-order valence-electron chi connectivity index (χ1n) is 9.87. The fourth-order valence-electron chi connectivity index (χ4n) is 2.77. The van der Waals surface area contributed by atoms with Gasteiger partial charge in [-0.05, 0) is 30.9 Å². The number of carbonyl (C=O) groups is 2. The van der Waals surface area contributed by atoms with E-state index in [-0.39, 0.29) is 18.0 Å². The Labute approximate surface area is 165 Å². The Balaban J connectivity index is 1.81. The van der Waals surface area contributed by atoms with Gasteiger partial charge in [-0.2, -0.15) is 0 Å². The number of halogens is 1. The Morgan fingerprint density at radius 1 is 1.18 bits per heavy atom. The van der Waals surface area contributed by atoms with Crippen LogP contribution in [0.4, 0.5) is 15.0 Å². The molecule has 1 unspecified atom stereocenters. The van der Waals surface area contributed by atoms with Gasteiger partial charge in [0.1, 0.15) is 0 Å². The second-order valence-electron chi connectivity index (χ2n) is 7.27. The van der Waals surface area contributed by atoms with E-state index in [2.05, 4.69) is 29.4 Å². The molecule has 0 aliphatic carbocycles. The number of ether oxygens (including phenoxy) is 1. The minimum absolute atomic E-state index is 0.207. The highest BCUT2D eigenvalue weighted by Crippen LogP contribution is 2.14. The molecule has 28 heavy (non-hydrogen) atoms. The molecule has 0 radical (unpaired) electrons. The second kappa shape index (κ2) is 10.8. The van der Waals surface area contributed by atoms with Crippen molar-refractivity contribution < 1.29 is 18.7 Å². The third-order valence-electron chi connectivity index (χ3n) is 4.50. The molecular formula is C19H30FN5O3. The summed E-state index contributed by atoms with van der Waals surface area (Å²) in [5.41, 5.74) is 0.277. The van der Waals surface area contributed by atoms with Crippen LogP contribution in [0.15, 0.2) is 12.1 Å². The van der Waals surface area contributed by atoms with Crippen LogP contribution in [0, 0.1) is 5.92 Å². The van der Waals surface area contributed by atoms with Crippen LogP contribution in [-0.4, -0.2) is 66.2 Å². The molecule has 9 heteroatoms. The molecule has 0 spiro atoms. The molecule has 2 rings (SSSR count). The molecule has 1 atom stereocenters. The van der Waals surface area contributed by atoms with E-state index >= 15 is 0 Å². The van der Waals surface area contributed by atoms with Gasteiger partial charge in [0.2, 0.25) is 6.36 Å². The fourth-order valence-corrected chi connectivity index (χ4v) is 2.77. The van der Waals surface area contributed by atoms with Crippen molar-refractivity contribution >= 4 is 17.8 Å². The fraction of sp³-hybridized carbons (Fsp3) is 0.684. The molecule has 1 aliphatic heterocycles. The maximum absolute atomic E-state index is 13.4. The first-order chi connectivity index (χ1) is 13.4. The summed E-state index contributed by atoms with van der Waals surface area (Å²) in [7, 11) is 0. The Hall–Kier alpha value is -2.45. The number of nitrogens with one attached hydrogen (secondary N) is 1. The summed E-state index contributed by atoms with van der Waals surface area (Å²) >= 11 is 0. The zero-order valence-corrected chi connectivity index (χ0v) is 16.9. The van der Waals surface area contributed by atoms with Crippen molar-refractivity contribution in [3.63, 3.8) is 0 Å². The average Bonchev–Trinajstić information content (AvgIpc) is 2.68. The number of nitrogens with zero attached hydrogens (tertiary/aromatic N) is 4. The summed E-state index contributed by atoms with van der Waals surface area (Å²) in [5.74, 6) is 0.924. The van der Waals surface area contributed by atoms with Gasteiger partial charge < -0.3 is 19.9 Å². The summed E-state index contributed by atoms with van der Waals surface area (Å²) in [6.45, 7) is 8.54. The van der Waals surface area contributed by atoms with E-state index in [0.29, 0.717) is 50.9 Å². The standard InChI is InChI=1S/C19H30FN5O3/c1-4-5-16(20)28-19(27)25-12-10-24(11-13-25)17-7-6-15(22-23-17)18(26)21-9-8-14(2)3/h6-7,14,16H,4-5,8-13H2,1-3H3,(H,21,26). The summed E-state index contributed by atoms with van der Waals surface area (Å²) in [6.07, 6.45) is -0.447. The topological polar surface area (TPSA) is 87.7 Å². The highest BCUT2D eigenvalue weighted by Gasteiger charge is 2.25. The number of piperazine rings is 1. The molecule has 0 aromatic carbocycles. The highest BCUT2D eigenvalue weighted by atomic mass is 19.1. The Morgan fingerprint density at radius 2 is 1.89 bits per heavy atom. The SMILES string of the molecule is CCCC(F)OC(=O)N1CCN(c2ccc(C(=O)NCCC(C)C)nn2)CC1. The van der Waals surface area contributed by atoms with Gasteiger partial charge >= 0.3 is 6.09 Å². The minimum Gasteiger partial charge on any atom is -0.415 e. The van der Waals surface area contributed by atoms with Crippen molar-refractivity contribution in [2.24, 2.45) is 5.92 Å². The Bertz CT molecular complexity index is 633. The smallest absolute Gasteiger partial charge is 0.412 e. The van der Waals surface area contributed by atoms with Crippen molar-refractivity contribution in [2.45, 2.75) is 46.4 Å². The molecule has 156 valence electrons. The van der Waals surface area contributed by atoms with E-state index in [4.69, 9.17) is 4.74 Å². The lowest BCUT2D eigenvalue weighted by Gasteiger charge is -2.34. The molecular weight excluding hydrogens is 365 g/mol. The van der Waals surface area contributed by atoms with Gasteiger partial charge in [0.25, 0.3) is 5.91 Å². The monoisotopic (exact) mass is 395 g/mol. The summed E-state index contributed by atoms with van der Waals surface area (Å²) in [5, 5.41) is 11.0. The predicted molar refractivity (Wildman–Crippen MR) is 104 cm³/mol. The van der Waals surface area contributed by atoms with Crippen LogP contribution in [0.25, 0.3) is 0 Å². The van der Waals surface area contributed by atoms with E-state index in [0.717, 1.165) is 6.42 Å². The molecule has 1 aliphatic rings. The van der Waals surface area contributed by atoms with Crippen LogP contribution in [0.5, 0.6) is 0 Å². The van der Waals surface area contributed by atoms with Crippen LogP contribution < -0.4 is 10.2 Å². The zero-order chi connectivity index (χ0) is 20.5. The van der Waals surface area contributed by atoms with Gasteiger partial charge in [0, 0.05) is 39.1 Å². The third kappa shape index (κ3) is 6.61. The molecule has 1 saturated heterocycles.